The molecule has 1 N–H and O–H groups in total. The first-order valence-electron chi connectivity index (χ1n) is 9.25. The largest absolute Gasteiger partial charge is 0.384 e. The standard InChI is InChI=1S/C19H29N3O/c1-4-17-6-7-20-19(17)18(5-1)15-22-8-2-3-16(14-22)13-21-9-11-23-12-10-21/h1,4-5,16,20H,2-3,6-15H2/t16-/m0/s1. The fraction of sp³-hybridized carbons (Fsp3) is 0.684. The van der Waals surface area contributed by atoms with Crippen molar-refractivity contribution in [1.29, 1.82) is 0 Å². The van der Waals surface area contributed by atoms with Crippen molar-refractivity contribution in [3.63, 3.8) is 0 Å². The van der Waals surface area contributed by atoms with Crippen molar-refractivity contribution in [2.75, 3.05) is 57.8 Å². The number of nitrogens with one attached hydrogen (secondary N) is 1. The number of nitrogens with zero attached hydrogens (tertiary/aromatic N) is 2. The summed E-state index contributed by atoms with van der Waals surface area (Å²) < 4.78 is 5.47. The number of fused-ring (bicyclic) bond motifs is 1. The van der Waals surface area contributed by atoms with Crippen LogP contribution in [0, 0.1) is 5.92 Å². The predicted molar refractivity (Wildman–Crippen MR) is 93.9 cm³/mol. The van der Waals surface area contributed by atoms with Gasteiger partial charge in [0.05, 0.1) is 13.2 Å². The van der Waals surface area contributed by atoms with Gasteiger partial charge in [-0.15, -0.1) is 0 Å². The molecule has 3 aliphatic rings. The summed E-state index contributed by atoms with van der Waals surface area (Å²) in [6.45, 7) is 10.0. The predicted octanol–water partition coefficient (Wildman–Crippen LogP) is 2.20. The van der Waals surface area contributed by atoms with Gasteiger partial charge in [0.1, 0.15) is 0 Å². The van der Waals surface area contributed by atoms with E-state index in [0.29, 0.717) is 0 Å². The van der Waals surface area contributed by atoms with Crippen LogP contribution >= 0.6 is 0 Å². The van der Waals surface area contributed by atoms with Gasteiger partial charge in [-0.3, -0.25) is 9.80 Å². The number of anilines is 1. The van der Waals surface area contributed by atoms with Crippen molar-refractivity contribution in [3.05, 3.63) is 29.3 Å². The minimum absolute atomic E-state index is 0.826. The van der Waals surface area contributed by atoms with Gasteiger partial charge in [-0.25, -0.2) is 0 Å². The molecule has 0 aromatic heterocycles. The van der Waals surface area contributed by atoms with Crippen LogP contribution in [-0.4, -0.2) is 62.3 Å². The fourth-order valence-corrected chi connectivity index (χ4v) is 4.38. The number of hydrogen-bond donors (Lipinski definition) is 1. The van der Waals surface area contributed by atoms with Crippen LogP contribution < -0.4 is 5.32 Å². The first kappa shape index (κ1) is 15.4. The molecule has 0 unspecified atom stereocenters. The molecule has 1 aromatic carbocycles. The van der Waals surface area contributed by atoms with Crippen molar-refractivity contribution >= 4 is 5.69 Å². The molecule has 0 spiro atoms. The molecule has 0 amide bonds. The lowest BCUT2D eigenvalue weighted by Crippen LogP contribution is -2.44. The number of ether oxygens (including phenoxy) is 1. The Hall–Kier alpha value is -1.10. The molecule has 4 heteroatoms. The highest BCUT2D eigenvalue weighted by molar-refractivity contribution is 5.61. The maximum atomic E-state index is 5.47. The Morgan fingerprint density at radius 1 is 1.13 bits per heavy atom. The Bertz CT molecular complexity index is 527. The number of hydrogen-bond acceptors (Lipinski definition) is 4. The molecule has 1 aromatic rings. The molecular weight excluding hydrogens is 286 g/mol. The number of rotatable bonds is 4. The quantitative estimate of drug-likeness (QED) is 0.922. The molecule has 4 rings (SSSR count). The van der Waals surface area contributed by atoms with Gasteiger partial charge in [0, 0.05) is 45.0 Å². The molecule has 0 saturated carbocycles. The van der Waals surface area contributed by atoms with E-state index in [9.17, 15) is 0 Å². The van der Waals surface area contributed by atoms with E-state index in [1.54, 1.807) is 0 Å². The van der Waals surface area contributed by atoms with E-state index >= 15 is 0 Å². The number of benzene rings is 1. The summed E-state index contributed by atoms with van der Waals surface area (Å²) in [7, 11) is 0. The van der Waals surface area contributed by atoms with Crippen LogP contribution in [0.5, 0.6) is 0 Å². The smallest absolute Gasteiger partial charge is 0.0594 e. The lowest BCUT2D eigenvalue weighted by molar-refractivity contribution is 0.0224. The minimum atomic E-state index is 0.826. The van der Waals surface area contributed by atoms with Crippen LogP contribution in [0.1, 0.15) is 24.0 Å². The molecule has 2 saturated heterocycles. The van der Waals surface area contributed by atoms with Gasteiger partial charge in [0.25, 0.3) is 0 Å². The summed E-state index contributed by atoms with van der Waals surface area (Å²) in [6.07, 6.45) is 3.92. The van der Waals surface area contributed by atoms with E-state index in [2.05, 4.69) is 33.3 Å². The third-order valence-corrected chi connectivity index (χ3v) is 5.55. The lowest BCUT2D eigenvalue weighted by Gasteiger charge is -2.37. The second-order valence-electron chi connectivity index (χ2n) is 7.28. The second-order valence-corrected chi connectivity index (χ2v) is 7.28. The molecule has 4 nitrogen and oxygen atoms in total. The third-order valence-electron chi connectivity index (χ3n) is 5.55. The molecule has 3 heterocycles. The second kappa shape index (κ2) is 7.20. The maximum absolute atomic E-state index is 5.47. The van der Waals surface area contributed by atoms with Gasteiger partial charge in [0.15, 0.2) is 0 Å². The summed E-state index contributed by atoms with van der Waals surface area (Å²) in [5.74, 6) is 0.826. The van der Waals surface area contributed by atoms with Gasteiger partial charge in [-0.2, -0.15) is 0 Å². The van der Waals surface area contributed by atoms with Crippen LogP contribution in [0.2, 0.25) is 0 Å². The van der Waals surface area contributed by atoms with Crippen LogP contribution in [0.25, 0.3) is 0 Å². The first-order chi connectivity index (χ1) is 11.4. The molecule has 0 aliphatic carbocycles. The first-order valence-corrected chi connectivity index (χ1v) is 9.25. The highest BCUT2D eigenvalue weighted by atomic mass is 16.5. The Morgan fingerprint density at radius 2 is 2.04 bits per heavy atom. The molecular formula is C19H29N3O. The zero-order chi connectivity index (χ0) is 15.5. The topological polar surface area (TPSA) is 27.7 Å². The zero-order valence-electron chi connectivity index (χ0n) is 14.1. The number of para-hydroxylation sites is 1. The highest BCUT2D eigenvalue weighted by Gasteiger charge is 2.24. The maximum Gasteiger partial charge on any atom is 0.0594 e. The molecule has 1 atom stereocenters. The van der Waals surface area contributed by atoms with Crippen molar-refractivity contribution < 1.29 is 4.74 Å². The van der Waals surface area contributed by atoms with Gasteiger partial charge in [-0.05, 0) is 42.9 Å². The molecule has 3 aliphatic heterocycles. The van der Waals surface area contributed by atoms with Crippen molar-refractivity contribution in [2.24, 2.45) is 5.92 Å². The van der Waals surface area contributed by atoms with Crippen LogP contribution in [-0.2, 0) is 17.7 Å². The van der Waals surface area contributed by atoms with Crippen molar-refractivity contribution in [3.8, 4) is 0 Å². The molecule has 2 fully saturated rings. The number of morpholine rings is 1. The Kier molecular flexibility index (Phi) is 4.83. The van der Waals surface area contributed by atoms with E-state index < -0.39 is 0 Å². The molecule has 0 radical (unpaired) electrons. The van der Waals surface area contributed by atoms with E-state index in [-0.39, 0.29) is 0 Å². The van der Waals surface area contributed by atoms with E-state index in [0.717, 1.165) is 45.3 Å². The van der Waals surface area contributed by atoms with Gasteiger partial charge < -0.3 is 10.1 Å². The molecule has 23 heavy (non-hydrogen) atoms. The van der Waals surface area contributed by atoms with E-state index in [1.807, 2.05) is 0 Å². The van der Waals surface area contributed by atoms with Gasteiger partial charge in [0.2, 0.25) is 0 Å². The monoisotopic (exact) mass is 315 g/mol. The average molecular weight is 315 g/mol. The van der Waals surface area contributed by atoms with Crippen LogP contribution in [0.3, 0.4) is 0 Å². The van der Waals surface area contributed by atoms with Crippen molar-refractivity contribution in [1.82, 2.24) is 9.80 Å². The zero-order valence-corrected chi connectivity index (χ0v) is 14.1. The Morgan fingerprint density at radius 3 is 2.96 bits per heavy atom. The summed E-state index contributed by atoms with van der Waals surface area (Å²) in [6, 6.07) is 6.81. The van der Waals surface area contributed by atoms with Crippen LogP contribution in [0.15, 0.2) is 18.2 Å². The lowest BCUT2D eigenvalue weighted by atomic mass is 9.96. The van der Waals surface area contributed by atoms with Crippen molar-refractivity contribution in [2.45, 2.75) is 25.8 Å². The SMILES string of the molecule is c1cc2c(c(CN3CCC[C@@H](CN4CCOCC4)C3)c1)NCC2. The molecule has 126 valence electrons. The van der Waals surface area contributed by atoms with Crippen LogP contribution in [0.4, 0.5) is 5.69 Å². The summed E-state index contributed by atoms with van der Waals surface area (Å²) in [5, 5.41) is 3.59. The highest BCUT2D eigenvalue weighted by Crippen LogP contribution is 2.29. The Labute approximate surface area is 139 Å². The van der Waals surface area contributed by atoms with Gasteiger partial charge >= 0.3 is 0 Å². The fourth-order valence-electron chi connectivity index (χ4n) is 4.38. The summed E-state index contributed by atoms with van der Waals surface area (Å²) >= 11 is 0. The summed E-state index contributed by atoms with van der Waals surface area (Å²) in [4.78, 5) is 5.27. The number of piperidine rings is 1. The Balaban J connectivity index is 1.35. The summed E-state index contributed by atoms with van der Waals surface area (Å²) in [5.41, 5.74) is 4.42. The minimum Gasteiger partial charge on any atom is -0.384 e. The normalized spacial score (nSPS) is 26.0. The molecule has 0 bridgehead atoms. The third kappa shape index (κ3) is 3.70. The van der Waals surface area contributed by atoms with E-state index in [1.165, 1.54) is 55.7 Å². The average Bonchev–Trinajstić information content (AvgIpc) is 3.06. The van der Waals surface area contributed by atoms with E-state index in [4.69, 9.17) is 4.74 Å². The van der Waals surface area contributed by atoms with Gasteiger partial charge in [-0.1, -0.05) is 18.2 Å². The number of likely N-dealkylation sites (tertiary alicyclic amines) is 1.